The molecule has 0 saturated carbocycles. The number of hydrogen-bond donors (Lipinski definition) is 0. The van der Waals surface area contributed by atoms with Gasteiger partial charge in [0.1, 0.15) is 5.01 Å². The summed E-state index contributed by atoms with van der Waals surface area (Å²) in [6, 6.07) is 0. The van der Waals surface area contributed by atoms with Crippen molar-refractivity contribution < 1.29 is 42.8 Å². The lowest BCUT2D eigenvalue weighted by molar-refractivity contribution is -0.269. The highest BCUT2D eigenvalue weighted by molar-refractivity contribution is 9.09. The van der Waals surface area contributed by atoms with Crippen molar-refractivity contribution in [2.75, 3.05) is 19.8 Å². The summed E-state index contributed by atoms with van der Waals surface area (Å²) in [5.74, 6) is -1.71. The molecule has 0 heterocycles. The summed E-state index contributed by atoms with van der Waals surface area (Å²) in [7, 11) is -4.31. The summed E-state index contributed by atoms with van der Waals surface area (Å²) >= 11 is 3.02. The smallest absolute Gasteiger partial charge is 0.398 e. The lowest BCUT2D eigenvalue weighted by Gasteiger charge is -2.23. The molecule has 0 radical (unpaired) electrons. The van der Waals surface area contributed by atoms with E-state index in [0.29, 0.717) is 0 Å². The zero-order valence-corrected chi connectivity index (χ0v) is 16.0. The van der Waals surface area contributed by atoms with Gasteiger partial charge < -0.3 is 9.47 Å². The van der Waals surface area contributed by atoms with Gasteiger partial charge in [-0.15, -0.1) is 9.35 Å². The second-order valence-electron chi connectivity index (χ2n) is 4.01. The van der Waals surface area contributed by atoms with Gasteiger partial charge in [-0.2, -0.15) is 0 Å². The average Bonchev–Trinajstić information content (AvgIpc) is 2.49. The molecule has 0 fully saturated rings. The third-order valence-corrected chi connectivity index (χ3v) is 4.08. The van der Waals surface area contributed by atoms with E-state index in [1.165, 1.54) is 6.92 Å². The van der Waals surface area contributed by atoms with Crippen LogP contribution in [0.2, 0.25) is 0 Å². The van der Waals surface area contributed by atoms with Crippen LogP contribution in [0.4, 0.5) is 0 Å². The number of carbonyl (C=O) groups is 2. The molecule has 0 aliphatic rings. The molecule has 0 aromatic heterocycles. The quantitative estimate of drug-likeness (QED) is 0.155. The Kier molecular flexibility index (Phi) is 11.7. The lowest BCUT2D eigenvalue weighted by Crippen LogP contribution is -2.29. The minimum absolute atomic E-state index is 0.0164. The highest BCUT2D eigenvalue weighted by Gasteiger charge is 2.47. The van der Waals surface area contributed by atoms with Crippen LogP contribution in [0.1, 0.15) is 34.1 Å². The van der Waals surface area contributed by atoms with E-state index in [2.05, 4.69) is 20.8 Å². The summed E-state index contributed by atoms with van der Waals surface area (Å²) in [5, 5.41) is -0.647. The zero-order chi connectivity index (χ0) is 17.9. The zero-order valence-electron chi connectivity index (χ0n) is 13.5. The molecule has 0 amide bonds. The van der Waals surface area contributed by atoms with Crippen LogP contribution in [-0.2, 0) is 42.8 Å². The molecule has 0 saturated heterocycles. The third-order valence-electron chi connectivity index (χ3n) is 2.16. The molecule has 0 aliphatic heterocycles. The summed E-state index contributed by atoms with van der Waals surface area (Å²) in [6.07, 6.45) is -0.572. The van der Waals surface area contributed by atoms with Crippen molar-refractivity contribution in [2.24, 2.45) is 0 Å². The maximum atomic E-state index is 12.8. The fraction of sp³-hybridized carbons (Fsp3) is 0.833. The van der Waals surface area contributed by atoms with Gasteiger partial charge in [-0.1, -0.05) is 15.9 Å². The van der Waals surface area contributed by atoms with E-state index >= 15 is 0 Å². The molecule has 23 heavy (non-hydrogen) atoms. The van der Waals surface area contributed by atoms with Crippen LogP contribution in [0, 0.1) is 0 Å². The van der Waals surface area contributed by atoms with Gasteiger partial charge in [0.25, 0.3) is 0 Å². The van der Waals surface area contributed by atoms with Crippen LogP contribution in [0.5, 0.6) is 0 Å². The van der Waals surface area contributed by atoms with Crippen molar-refractivity contribution in [3.8, 4) is 0 Å². The van der Waals surface area contributed by atoms with Gasteiger partial charge in [-0.05, 0) is 27.7 Å². The molecule has 0 rings (SSSR count). The number of esters is 2. The molecule has 0 aliphatic carbocycles. The Hall–Kier alpha value is -0.510. The fourth-order valence-corrected chi connectivity index (χ4v) is 2.94. The molecule has 0 aromatic rings. The Labute approximate surface area is 143 Å². The van der Waals surface area contributed by atoms with Crippen molar-refractivity contribution in [3.05, 3.63) is 0 Å². The van der Waals surface area contributed by atoms with Gasteiger partial charge in [0.2, 0.25) is 0 Å². The van der Waals surface area contributed by atoms with Crippen LogP contribution in [-0.4, -0.2) is 42.4 Å². The van der Waals surface area contributed by atoms with Crippen molar-refractivity contribution in [2.45, 2.75) is 44.8 Å². The molecule has 0 spiro atoms. The molecule has 0 bridgehead atoms. The molecule has 11 heteroatoms. The summed E-state index contributed by atoms with van der Waals surface area (Å²) < 4.78 is 31.9. The molecular formula is C12H22BrO9P. The first-order valence-electron chi connectivity index (χ1n) is 7.02. The first kappa shape index (κ1) is 22.5. The van der Waals surface area contributed by atoms with Gasteiger partial charge in [-0.25, -0.2) is 9.78 Å². The van der Waals surface area contributed by atoms with Crippen molar-refractivity contribution in [1.29, 1.82) is 0 Å². The Morgan fingerprint density at radius 2 is 1.65 bits per heavy atom. The minimum atomic E-state index is -4.31. The van der Waals surface area contributed by atoms with Crippen molar-refractivity contribution in [1.82, 2.24) is 0 Å². The van der Waals surface area contributed by atoms with E-state index in [0.717, 1.165) is 0 Å². The number of carbonyl (C=O) groups excluding carboxylic acids is 2. The van der Waals surface area contributed by atoms with E-state index in [1.54, 1.807) is 20.8 Å². The Morgan fingerprint density at radius 3 is 2.13 bits per heavy atom. The SMILES string of the molecule is CCOOP(=O)(OOC(C)Br)C(CC(=O)OCC)C(=O)OCC. The summed E-state index contributed by atoms with van der Waals surface area (Å²) in [4.78, 5) is 33.1. The summed E-state index contributed by atoms with van der Waals surface area (Å²) in [6.45, 7) is 6.42. The van der Waals surface area contributed by atoms with Crippen molar-refractivity contribution >= 4 is 35.5 Å². The molecule has 3 unspecified atom stereocenters. The molecule has 0 aromatic carbocycles. The van der Waals surface area contributed by atoms with Crippen LogP contribution in [0.15, 0.2) is 0 Å². The number of halogens is 1. The number of hydrogen-bond acceptors (Lipinski definition) is 9. The maximum absolute atomic E-state index is 12.8. The first-order chi connectivity index (χ1) is 10.8. The van der Waals surface area contributed by atoms with E-state index in [1.807, 2.05) is 0 Å². The first-order valence-corrected chi connectivity index (χ1v) is 9.55. The standard InChI is InChI=1S/C12H22BrO9P/c1-5-17-11(14)8-10(12(15)18-6-2)23(16,21-19-7-3)22-20-9(4)13/h9-10H,5-8H2,1-4H3. The Morgan fingerprint density at radius 1 is 1.04 bits per heavy atom. The van der Waals surface area contributed by atoms with E-state index in [-0.39, 0.29) is 19.8 Å². The Bertz CT molecular complexity index is 415. The van der Waals surface area contributed by atoms with Gasteiger partial charge in [0, 0.05) is 0 Å². The highest BCUT2D eigenvalue weighted by Crippen LogP contribution is 2.55. The number of rotatable bonds is 12. The minimum Gasteiger partial charge on any atom is -0.466 e. The fourth-order valence-electron chi connectivity index (χ4n) is 1.30. The van der Waals surface area contributed by atoms with Crippen LogP contribution < -0.4 is 0 Å². The highest BCUT2D eigenvalue weighted by atomic mass is 79.9. The van der Waals surface area contributed by atoms with Gasteiger partial charge in [0.05, 0.1) is 26.2 Å². The predicted molar refractivity (Wildman–Crippen MR) is 82.5 cm³/mol. The molecule has 136 valence electrons. The topological polar surface area (TPSA) is 107 Å². The monoisotopic (exact) mass is 420 g/mol. The second-order valence-corrected chi connectivity index (χ2v) is 7.30. The third kappa shape index (κ3) is 8.78. The van der Waals surface area contributed by atoms with Crippen LogP contribution in [0.25, 0.3) is 0 Å². The number of alkyl halides is 1. The maximum Gasteiger partial charge on any atom is 0.398 e. The van der Waals surface area contributed by atoms with E-state index < -0.39 is 36.6 Å². The average molecular weight is 421 g/mol. The largest absolute Gasteiger partial charge is 0.466 e. The molecule has 3 atom stereocenters. The number of ether oxygens (including phenoxy) is 2. The second kappa shape index (κ2) is 11.9. The predicted octanol–water partition coefficient (Wildman–Crippen LogP) is 2.72. The normalized spacial score (nSPS) is 16.2. The van der Waals surface area contributed by atoms with Crippen LogP contribution >= 0.6 is 23.5 Å². The molecular weight excluding hydrogens is 399 g/mol. The van der Waals surface area contributed by atoms with E-state index in [9.17, 15) is 14.2 Å². The van der Waals surface area contributed by atoms with E-state index in [4.69, 9.17) is 23.7 Å². The molecule has 0 N–H and O–H groups in total. The summed E-state index contributed by atoms with van der Waals surface area (Å²) in [5.41, 5.74) is -1.58. The van der Waals surface area contributed by atoms with Gasteiger partial charge in [-0.3, -0.25) is 14.2 Å². The molecule has 9 nitrogen and oxygen atoms in total. The Balaban J connectivity index is 5.35. The van der Waals surface area contributed by atoms with Crippen LogP contribution in [0.3, 0.4) is 0 Å². The van der Waals surface area contributed by atoms with Gasteiger partial charge in [0.15, 0.2) is 5.66 Å². The van der Waals surface area contributed by atoms with Crippen molar-refractivity contribution in [3.63, 3.8) is 0 Å². The van der Waals surface area contributed by atoms with Gasteiger partial charge >= 0.3 is 19.5 Å². The lowest BCUT2D eigenvalue weighted by atomic mass is 10.3.